The largest absolute Gasteiger partial charge is 0.462 e. The third kappa shape index (κ3) is 2.73. The Balaban J connectivity index is 3.04. The summed E-state index contributed by atoms with van der Waals surface area (Å²) in [6.07, 6.45) is 6.77. The average molecular weight is 222 g/mol. The highest BCUT2D eigenvalue weighted by Gasteiger charge is 2.22. The number of esters is 1. The minimum absolute atomic E-state index is 0.0232. The van der Waals surface area contributed by atoms with Crippen molar-refractivity contribution in [1.82, 2.24) is 10.6 Å². The molecule has 0 radical (unpaired) electrons. The topological polar surface area (TPSA) is 67.4 Å². The van der Waals surface area contributed by atoms with Gasteiger partial charge in [0.2, 0.25) is 0 Å². The fourth-order valence-corrected chi connectivity index (χ4v) is 1.20. The van der Waals surface area contributed by atoms with Gasteiger partial charge in [-0.15, -0.1) is 0 Å². The van der Waals surface area contributed by atoms with Crippen molar-refractivity contribution in [2.45, 2.75) is 6.92 Å². The van der Waals surface area contributed by atoms with Crippen LogP contribution in [0.1, 0.15) is 6.92 Å². The van der Waals surface area contributed by atoms with Crippen LogP contribution in [0, 0.1) is 0 Å². The van der Waals surface area contributed by atoms with Crippen molar-refractivity contribution < 1.29 is 14.3 Å². The van der Waals surface area contributed by atoms with Gasteiger partial charge >= 0.3 is 5.97 Å². The van der Waals surface area contributed by atoms with Crippen LogP contribution < -0.4 is 10.6 Å². The highest BCUT2D eigenvalue weighted by atomic mass is 16.5. The maximum absolute atomic E-state index is 11.6. The monoisotopic (exact) mass is 222 g/mol. The number of likely N-dealkylation sites (N-methyl/N-ethyl adjacent to an activating group) is 1. The van der Waals surface area contributed by atoms with E-state index in [0.29, 0.717) is 5.70 Å². The predicted octanol–water partition coefficient (Wildman–Crippen LogP) is 0.223. The maximum atomic E-state index is 11.6. The van der Waals surface area contributed by atoms with Crippen LogP contribution in [0.5, 0.6) is 0 Å². The zero-order valence-electron chi connectivity index (χ0n) is 9.24. The lowest BCUT2D eigenvalue weighted by atomic mass is 10.1. The minimum Gasteiger partial charge on any atom is -0.462 e. The van der Waals surface area contributed by atoms with Gasteiger partial charge in [0.25, 0.3) is 5.91 Å². The summed E-state index contributed by atoms with van der Waals surface area (Å²) < 4.78 is 4.82. The van der Waals surface area contributed by atoms with Crippen LogP contribution in [0.4, 0.5) is 0 Å². The van der Waals surface area contributed by atoms with Gasteiger partial charge in [0, 0.05) is 13.2 Å². The van der Waals surface area contributed by atoms with E-state index >= 15 is 0 Å². The van der Waals surface area contributed by atoms with Crippen molar-refractivity contribution in [3.63, 3.8) is 0 Å². The Morgan fingerprint density at radius 3 is 2.69 bits per heavy atom. The standard InChI is InChI=1S/C11H14N2O3/c1-3-16-11(15)9(10(14)12-2)8-6-4-5-7-13-8/h4-7,13H,3H2,1-2H3,(H,12,14)/b9-8+. The van der Waals surface area contributed by atoms with Gasteiger partial charge in [-0.05, 0) is 19.1 Å². The second-order valence-electron chi connectivity index (χ2n) is 2.95. The molecule has 0 aromatic rings. The summed E-state index contributed by atoms with van der Waals surface area (Å²) in [5.41, 5.74) is 0.408. The quantitative estimate of drug-likeness (QED) is 0.310. The molecule has 0 unspecified atom stereocenters. The Morgan fingerprint density at radius 1 is 1.44 bits per heavy atom. The lowest BCUT2D eigenvalue weighted by molar-refractivity contribution is -0.140. The number of hydrogen-bond donors (Lipinski definition) is 2. The van der Waals surface area contributed by atoms with Gasteiger partial charge in [-0.2, -0.15) is 0 Å². The summed E-state index contributed by atoms with van der Waals surface area (Å²) >= 11 is 0. The first kappa shape index (κ1) is 12.0. The van der Waals surface area contributed by atoms with Crippen molar-refractivity contribution >= 4 is 11.9 Å². The molecule has 0 aromatic heterocycles. The van der Waals surface area contributed by atoms with Crippen molar-refractivity contribution in [3.05, 3.63) is 35.7 Å². The SMILES string of the molecule is CCOC(=O)/C(C(=O)NC)=C1\C=CC=CN1. The summed E-state index contributed by atoms with van der Waals surface area (Å²) in [6.45, 7) is 1.92. The fourth-order valence-electron chi connectivity index (χ4n) is 1.20. The van der Waals surface area contributed by atoms with E-state index in [-0.39, 0.29) is 12.2 Å². The molecule has 1 aliphatic heterocycles. The molecule has 86 valence electrons. The van der Waals surface area contributed by atoms with Gasteiger partial charge < -0.3 is 15.4 Å². The molecule has 0 spiro atoms. The van der Waals surface area contributed by atoms with Crippen LogP contribution in [-0.2, 0) is 14.3 Å². The summed E-state index contributed by atoms with van der Waals surface area (Å²) in [7, 11) is 1.46. The highest BCUT2D eigenvalue weighted by Crippen LogP contribution is 2.09. The van der Waals surface area contributed by atoms with Crippen molar-refractivity contribution in [3.8, 4) is 0 Å². The second-order valence-corrected chi connectivity index (χ2v) is 2.95. The van der Waals surface area contributed by atoms with Gasteiger partial charge in [-0.3, -0.25) is 4.79 Å². The number of nitrogens with one attached hydrogen (secondary N) is 2. The molecule has 1 aliphatic rings. The number of rotatable bonds is 3. The zero-order chi connectivity index (χ0) is 12.0. The second kappa shape index (κ2) is 5.75. The molecular formula is C11H14N2O3. The van der Waals surface area contributed by atoms with Gasteiger partial charge in [-0.1, -0.05) is 6.08 Å². The first-order valence-electron chi connectivity index (χ1n) is 4.94. The number of carbonyl (C=O) groups excluding carboxylic acids is 2. The molecule has 1 amide bonds. The van der Waals surface area contributed by atoms with E-state index < -0.39 is 11.9 Å². The molecule has 1 rings (SSSR count). The predicted molar refractivity (Wildman–Crippen MR) is 59.1 cm³/mol. The van der Waals surface area contributed by atoms with E-state index in [1.807, 2.05) is 0 Å². The fraction of sp³-hybridized carbons (Fsp3) is 0.273. The molecule has 2 N–H and O–H groups in total. The van der Waals surface area contributed by atoms with E-state index in [1.54, 1.807) is 31.4 Å². The summed E-state index contributed by atoms with van der Waals surface area (Å²) in [5.74, 6) is -1.11. The molecule has 0 aromatic carbocycles. The molecule has 0 aliphatic carbocycles. The number of allylic oxidation sites excluding steroid dienone is 3. The van der Waals surface area contributed by atoms with Crippen molar-refractivity contribution in [2.75, 3.05) is 13.7 Å². The third-order valence-electron chi connectivity index (χ3n) is 1.91. The molecule has 16 heavy (non-hydrogen) atoms. The number of carbonyl (C=O) groups is 2. The maximum Gasteiger partial charge on any atom is 0.345 e. The smallest absolute Gasteiger partial charge is 0.345 e. The number of dihydropyridines is 1. The van der Waals surface area contributed by atoms with Crippen molar-refractivity contribution in [1.29, 1.82) is 0 Å². The van der Waals surface area contributed by atoms with Gasteiger partial charge in [0.05, 0.1) is 12.3 Å². The average Bonchev–Trinajstić information content (AvgIpc) is 2.31. The molecule has 0 bridgehead atoms. The van der Waals surface area contributed by atoms with Crippen LogP contribution in [0.15, 0.2) is 35.7 Å². The van der Waals surface area contributed by atoms with Gasteiger partial charge in [0.1, 0.15) is 5.57 Å². The molecule has 5 heteroatoms. The lowest BCUT2D eigenvalue weighted by Crippen LogP contribution is -2.29. The van der Waals surface area contributed by atoms with Gasteiger partial charge in [0.15, 0.2) is 0 Å². The lowest BCUT2D eigenvalue weighted by Gasteiger charge is -2.12. The number of ether oxygens (including phenoxy) is 1. The normalized spacial score (nSPS) is 16.4. The third-order valence-corrected chi connectivity index (χ3v) is 1.91. The number of amides is 1. The summed E-state index contributed by atoms with van der Waals surface area (Å²) in [5, 5.41) is 5.23. The summed E-state index contributed by atoms with van der Waals surface area (Å²) in [6, 6.07) is 0. The highest BCUT2D eigenvalue weighted by molar-refractivity contribution is 6.17. The first-order valence-corrected chi connectivity index (χ1v) is 4.94. The molecule has 0 saturated carbocycles. The Morgan fingerprint density at radius 2 is 2.19 bits per heavy atom. The molecule has 0 saturated heterocycles. The van der Waals surface area contributed by atoms with Crippen LogP contribution in [0.3, 0.4) is 0 Å². The summed E-state index contributed by atoms with van der Waals surface area (Å²) in [4.78, 5) is 23.2. The van der Waals surface area contributed by atoms with Crippen LogP contribution in [0.25, 0.3) is 0 Å². The number of hydrogen-bond acceptors (Lipinski definition) is 4. The molecule has 0 atom stereocenters. The van der Waals surface area contributed by atoms with Crippen LogP contribution >= 0.6 is 0 Å². The molecule has 0 fully saturated rings. The van der Waals surface area contributed by atoms with E-state index in [1.165, 1.54) is 7.05 Å². The minimum atomic E-state index is -0.635. The van der Waals surface area contributed by atoms with E-state index in [4.69, 9.17) is 4.74 Å². The Kier molecular flexibility index (Phi) is 4.32. The Hall–Kier alpha value is -2.04. The van der Waals surface area contributed by atoms with Gasteiger partial charge in [-0.25, -0.2) is 4.79 Å². The zero-order valence-corrected chi connectivity index (χ0v) is 9.24. The van der Waals surface area contributed by atoms with E-state index in [9.17, 15) is 9.59 Å². The van der Waals surface area contributed by atoms with E-state index in [0.717, 1.165) is 0 Å². The van der Waals surface area contributed by atoms with Crippen LogP contribution in [0.2, 0.25) is 0 Å². The Labute approximate surface area is 93.9 Å². The molecular weight excluding hydrogens is 208 g/mol. The molecule has 5 nitrogen and oxygen atoms in total. The first-order chi connectivity index (χ1) is 7.70. The molecule has 1 heterocycles. The van der Waals surface area contributed by atoms with Crippen LogP contribution in [-0.4, -0.2) is 25.5 Å². The Bertz CT molecular complexity index is 381. The van der Waals surface area contributed by atoms with Crippen molar-refractivity contribution in [2.24, 2.45) is 0 Å². The van der Waals surface area contributed by atoms with E-state index in [2.05, 4.69) is 10.6 Å².